The molecule has 1 aliphatic heterocycles. The molecule has 1 aromatic carbocycles. The summed E-state index contributed by atoms with van der Waals surface area (Å²) in [5, 5.41) is 3.06. The van der Waals surface area contributed by atoms with Crippen LogP contribution in [-0.4, -0.2) is 42.5 Å². The van der Waals surface area contributed by atoms with E-state index in [0.29, 0.717) is 13.0 Å². The largest absolute Gasteiger partial charge is 0.368 e. The highest BCUT2D eigenvalue weighted by Crippen LogP contribution is 2.21. The summed E-state index contributed by atoms with van der Waals surface area (Å²) in [6.45, 7) is 1.40. The van der Waals surface area contributed by atoms with Crippen molar-refractivity contribution in [2.45, 2.75) is 57.1 Å². The molecule has 1 saturated carbocycles. The van der Waals surface area contributed by atoms with Gasteiger partial charge in [-0.1, -0.05) is 49.6 Å². The lowest BCUT2D eigenvalue weighted by Gasteiger charge is -2.26. The minimum absolute atomic E-state index is 0.0992. The number of nitrogens with one attached hydrogen (secondary N) is 1. The molecular formula is C20H28N2O3. The zero-order valence-corrected chi connectivity index (χ0v) is 14.8. The first-order chi connectivity index (χ1) is 12.2. The van der Waals surface area contributed by atoms with Gasteiger partial charge in [0.25, 0.3) is 0 Å². The Balaban J connectivity index is 1.56. The van der Waals surface area contributed by atoms with Crippen LogP contribution >= 0.6 is 0 Å². The van der Waals surface area contributed by atoms with Crippen molar-refractivity contribution < 1.29 is 14.3 Å². The highest BCUT2D eigenvalue weighted by atomic mass is 16.5. The van der Waals surface area contributed by atoms with E-state index >= 15 is 0 Å². The first kappa shape index (κ1) is 17.9. The molecule has 3 rings (SSSR count). The third kappa shape index (κ3) is 5.30. The molecule has 1 saturated heterocycles. The van der Waals surface area contributed by atoms with E-state index in [0.717, 1.165) is 31.4 Å². The van der Waals surface area contributed by atoms with Gasteiger partial charge in [-0.15, -0.1) is 0 Å². The second-order valence-corrected chi connectivity index (χ2v) is 7.05. The SMILES string of the molecule is O=C(COC1CCCCC1)N[C@@H](CN1CCCC1=O)c1ccccc1. The van der Waals surface area contributed by atoms with Gasteiger partial charge in [0.05, 0.1) is 12.1 Å². The minimum atomic E-state index is -0.189. The summed E-state index contributed by atoms with van der Waals surface area (Å²) in [4.78, 5) is 26.2. The molecule has 25 heavy (non-hydrogen) atoms. The highest BCUT2D eigenvalue weighted by molar-refractivity contribution is 5.79. The lowest BCUT2D eigenvalue weighted by molar-refractivity contribution is -0.131. The van der Waals surface area contributed by atoms with Gasteiger partial charge in [0, 0.05) is 19.5 Å². The van der Waals surface area contributed by atoms with Gasteiger partial charge in [-0.2, -0.15) is 0 Å². The predicted molar refractivity (Wildman–Crippen MR) is 96.0 cm³/mol. The van der Waals surface area contributed by atoms with Crippen molar-refractivity contribution >= 4 is 11.8 Å². The topological polar surface area (TPSA) is 58.6 Å². The van der Waals surface area contributed by atoms with Gasteiger partial charge in [-0.25, -0.2) is 0 Å². The van der Waals surface area contributed by atoms with Crippen LogP contribution in [0.1, 0.15) is 56.6 Å². The molecule has 0 aromatic heterocycles. The fourth-order valence-electron chi connectivity index (χ4n) is 3.70. The van der Waals surface area contributed by atoms with Gasteiger partial charge in [-0.3, -0.25) is 9.59 Å². The number of hydrogen-bond acceptors (Lipinski definition) is 3. The van der Waals surface area contributed by atoms with Crippen molar-refractivity contribution in [1.29, 1.82) is 0 Å². The molecule has 1 aliphatic carbocycles. The number of benzene rings is 1. The highest BCUT2D eigenvalue weighted by Gasteiger charge is 2.25. The Morgan fingerprint density at radius 3 is 2.60 bits per heavy atom. The number of carbonyl (C=O) groups is 2. The average Bonchev–Trinajstić information content (AvgIpc) is 3.06. The van der Waals surface area contributed by atoms with Crippen LogP contribution in [0.25, 0.3) is 0 Å². The summed E-state index contributed by atoms with van der Waals surface area (Å²) < 4.78 is 5.78. The molecule has 1 heterocycles. The summed E-state index contributed by atoms with van der Waals surface area (Å²) in [6.07, 6.45) is 7.49. The molecule has 0 spiro atoms. The number of carbonyl (C=O) groups excluding carboxylic acids is 2. The van der Waals surface area contributed by atoms with E-state index in [2.05, 4.69) is 5.32 Å². The lowest BCUT2D eigenvalue weighted by Crippen LogP contribution is -2.40. The van der Waals surface area contributed by atoms with E-state index in [4.69, 9.17) is 4.74 Å². The molecule has 0 bridgehead atoms. The zero-order chi connectivity index (χ0) is 17.5. The standard InChI is InChI=1S/C20H28N2O3/c23-19(15-25-17-10-5-2-6-11-17)21-18(16-8-3-1-4-9-16)14-22-13-7-12-20(22)24/h1,3-4,8-9,17-18H,2,5-7,10-15H2,(H,21,23)/t18-/m0/s1. The Morgan fingerprint density at radius 2 is 1.92 bits per heavy atom. The molecule has 5 heteroatoms. The zero-order valence-electron chi connectivity index (χ0n) is 14.8. The van der Waals surface area contributed by atoms with E-state index < -0.39 is 0 Å². The molecule has 0 unspecified atom stereocenters. The molecule has 1 atom stereocenters. The van der Waals surface area contributed by atoms with E-state index in [9.17, 15) is 9.59 Å². The van der Waals surface area contributed by atoms with Crippen molar-refractivity contribution in [1.82, 2.24) is 10.2 Å². The fraction of sp³-hybridized carbons (Fsp3) is 0.600. The van der Waals surface area contributed by atoms with E-state index in [-0.39, 0.29) is 30.6 Å². The van der Waals surface area contributed by atoms with Gasteiger partial charge in [0.1, 0.15) is 6.61 Å². The summed E-state index contributed by atoms with van der Waals surface area (Å²) in [7, 11) is 0. The monoisotopic (exact) mass is 344 g/mol. The van der Waals surface area contributed by atoms with E-state index in [1.165, 1.54) is 19.3 Å². The van der Waals surface area contributed by atoms with Crippen molar-refractivity contribution in [2.75, 3.05) is 19.7 Å². The second-order valence-electron chi connectivity index (χ2n) is 7.05. The maximum absolute atomic E-state index is 12.4. The second kappa shape index (κ2) is 8.99. The van der Waals surface area contributed by atoms with Crippen LogP contribution in [0.3, 0.4) is 0 Å². The Bertz CT molecular complexity index is 570. The fourth-order valence-corrected chi connectivity index (χ4v) is 3.70. The van der Waals surface area contributed by atoms with Crippen molar-refractivity contribution in [3.63, 3.8) is 0 Å². The molecular weight excluding hydrogens is 316 g/mol. The van der Waals surface area contributed by atoms with Crippen LogP contribution in [0.2, 0.25) is 0 Å². The third-order valence-corrected chi connectivity index (χ3v) is 5.11. The van der Waals surface area contributed by atoms with Crippen LogP contribution < -0.4 is 5.32 Å². The molecule has 1 aromatic rings. The quantitative estimate of drug-likeness (QED) is 0.827. The van der Waals surface area contributed by atoms with Gasteiger partial charge in [-0.05, 0) is 24.8 Å². The van der Waals surface area contributed by atoms with Crippen LogP contribution in [0.15, 0.2) is 30.3 Å². The smallest absolute Gasteiger partial charge is 0.246 e. The maximum Gasteiger partial charge on any atom is 0.246 e. The van der Waals surface area contributed by atoms with E-state index in [1.807, 2.05) is 35.2 Å². The number of rotatable bonds is 7. The molecule has 2 aliphatic rings. The molecule has 1 N–H and O–H groups in total. The van der Waals surface area contributed by atoms with Gasteiger partial charge in [0.2, 0.25) is 11.8 Å². The summed E-state index contributed by atoms with van der Waals surface area (Å²) in [6, 6.07) is 9.67. The predicted octanol–water partition coefficient (Wildman–Crippen LogP) is 2.82. The Morgan fingerprint density at radius 1 is 1.16 bits per heavy atom. The van der Waals surface area contributed by atoms with Crippen molar-refractivity contribution in [3.05, 3.63) is 35.9 Å². The molecule has 5 nitrogen and oxygen atoms in total. The Kier molecular flexibility index (Phi) is 6.45. The third-order valence-electron chi connectivity index (χ3n) is 5.11. The van der Waals surface area contributed by atoms with Crippen LogP contribution in [0, 0.1) is 0 Å². The lowest BCUT2D eigenvalue weighted by atomic mass is 9.98. The summed E-state index contributed by atoms with van der Waals surface area (Å²) in [5.74, 6) is 0.0692. The molecule has 2 fully saturated rings. The first-order valence-electron chi connectivity index (χ1n) is 9.46. The van der Waals surface area contributed by atoms with Crippen LogP contribution in [-0.2, 0) is 14.3 Å². The Labute approximate surface area is 149 Å². The number of amides is 2. The molecule has 0 radical (unpaired) electrons. The number of nitrogens with zero attached hydrogens (tertiary/aromatic N) is 1. The number of likely N-dealkylation sites (tertiary alicyclic amines) is 1. The molecule has 136 valence electrons. The van der Waals surface area contributed by atoms with Crippen LogP contribution in [0.5, 0.6) is 0 Å². The van der Waals surface area contributed by atoms with Gasteiger partial charge >= 0.3 is 0 Å². The van der Waals surface area contributed by atoms with Crippen molar-refractivity contribution in [2.24, 2.45) is 0 Å². The van der Waals surface area contributed by atoms with Crippen molar-refractivity contribution in [3.8, 4) is 0 Å². The number of hydrogen-bond donors (Lipinski definition) is 1. The first-order valence-corrected chi connectivity index (χ1v) is 9.46. The van der Waals surface area contributed by atoms with Gasteiger partial charge in [0.15, 0.2) is 0 Å². The number of ether oxygens (including phenoxy) is 1. The average molecular weight is 344 g/mol. The minimum Gasteiger partial charge on any atom is -0.368 e. The molecule has 2 amide bonds. The Hall–Kier alpha value is -1.88. The maximum atomic E-state index is 12.4. The normalized spacial score (nSPS) is 19.8. The van der Waals surface area contributed by atoms with E-state index in [1.54, 1.807) is 0 Å². The summed E-state index contributed by atoms with van der Waals surface area (Å²) >= 11 is 0. The summed E-state index contributed by atoms with van der Waals surface area (Å²) in [5.41, 5.74) is 1.02. The van der Waals surface area contributed by atoms with Gasteiger partial charge < -0.3 is 15.0 Å². The van der Waals surface area contributed by atoms with Crippen LogP contribution in [0.4, 0.5) is 0 Å².